The van der Waals surface area contributed by atoms with Crippen molar-refractivity contribution in [3.05, 3.63) is 64.8 Å². The van der Waals surface area contributed by atoms with Gasteiger partial charge in [-0.3, -0.25) is 14.3 Å². The van der Waals surface area contributed by atoms with Crippen molar-refractivity contribution in [1.82, 2.24) is 14.8 Å². The second kappa shape index (κ2) is 11.8. The topological polar surface area (TPSA) is 92.6 Å². The van der Waals surface area contributed by atoms with Crippen molar-refractivity contribution in [3.8, 4) is 0 Å². The zero-order valence-electron chi connectivity index (χ0n) is 21.9. The van der Waals surface area contributed by atoms with Gasteiger partial charge in [0.05, 0.1) is 41.5 Å². The molecule has 1 aliphatic rings. The predicted octanol–water partition coefficient (Wildman–Crippen LogP) is 4.54. The van der Waals surface area contributed by atoms with Gasteiger partial charge in [-0.1, -0.05) is 11.6 Å². The first-order chi connectivity index (χ1) is 18.9. The molecule has 3 heterocycles. The number of carbonyl (C=O) groups excluding carboxylic acids is 2. The molecule has 4 rings (SSSR count). The largest absolute Gasteiger partial charge is 0.416 e. The Morgan fingerprint density at radius 3 is 2.67 bits per heavy atom. The molecule has 214 valence electrons. The number of pyridine rings is 1. The van der Waals surface area contributed by atoms with E-state index in [-0.39, 0.29) is 35.2 Å². The Morgan fingerprint density at radius 1 is 1.25 bits per heavy atom. The number of amides is 2. The fourth-order valence-corrected chi connectivity index (χ4v) is 4.67. The molecule has 40 heavy (non-hydrogen) atoms. The summed E-state index contributed by atoms with van der Waals surface area (Å²) >= 11 is 5.89. The Bertz CT molecular complexity index is 1400. The molecule has 1 saturated heterocycles. The number of anilines is 3. The van der Waals surface area contributed by atoms with Gasteiger partial charge in [0.2, 0.25) is 11.8 Å². The van der Waals surface area contributed by atoms with Crippen LogP contribution in [0.2, 0.25) is 5.02 Å². The van der Waals surface area contributed by atoms with Crippen LogP contribution in [-0.2, 0) is 27.0 Å². The van der Waals surface area contributed by atoms with E-state index in [9.17, 15) is 27.2 Å². The number of likely N-dealkylation sites (N-methyl/N-ethyl adjacent to an activating group) is 1. The standard InChI is InChI=1S/C26H27ClF4N6O3/c1-15-8-17(26(29,30)31)10-23(33-15)37-13-16(24(38)34-18-12-32-36(14-18)6-7-40-3)9-22(37)25(39)35(2)19-4-5-21(28)20(27)11-19/h4-5,8,10-12,14,16,22H,6-7,9,13H2,1-3H3,(H,34,38)/t16-,22-/m0/s1. The molecule has 1 aromatic carbocycles. The van der Waals surface area contributed by atoms with Crippen LogP contribution in [-0.4, -0.2) is 59.9 Å². The fourth-order valence-electron chi connectivity index (χ4n) is 4.50. The van der Waals surface area contributed by atoms with Crippen molar-refractivity contribution < 1.29 is 31.9 Å². The van der Waals surface area contributed by atoms with Crippen molar-refractivity contribution in [2.45, 2.75) is 32.1 Å². The molecule has 9 nitrogen and oxygen atoms in total. The number of halogens is 5. The van der Waals surface area contributed by atoms with Gasteiger partial charge in [0.15, 0.2) is 0 Å². The molecular weight excluding hydrogens is 556 g/mol. The summed E-state index contributed by atoms with van der Waals surface area (Å²) in [4.78, 5) is 33.8. The van der Waals surface area contributed by atoms with Gasteiger partial charge < -0.3 is 19.9 Å². The van der Waals surface area contributed by atoms with Crippen molar-refractivity contribution in [3.63, 3.8) is 0 Å². The highest BCUT2D eigenvalue weighted by molar-refractivity contribution is 6.31. The molecule has 14 heteroatoms. The summed E-state index contributed by atoms with van der Waals surface area (Å²) in [5.74, 6) is -2.47. The lowest BCUT2D eigenvalue weighted by atomic mass is 10.0. The maximum atomic E-state index is 13.7. The van der Waals surface area contributed by atoms with Gasteiger partial charge in [-0.2, -0.15) is 18.3 Å². The van der Waals surface area contributed by atoms with E-state index in [1.165, 1.54) is 42.1 Å². The van der Waals surface area contributed by atoms with Gasteiger partial charge in [0.1, 0.15) is 17.7 Å². The third-order valence-corrected chi connectivity index (χ3v) is 6.85. The summed E-state index contributed by atoms with van der Waals surface area (Å²) in [5, 5.41) is 6.71. The molecule has 2 aromatic heterocycles. The van der Waals surface area contributed by atoms with Crippen LogP contribution < -0.4 is 15.1 Å². The maximum Gasteiger partial charge on any atom is 0.416 e. The average molecular weight is 583 g/mol. The first kappa shape index (κ1) is 29.3. The zero-order valence-corrected chi connectivity index (χ0v) is 22.6. The lowest BCUT2D eigenvalue weighted by molar-refractivity contribution is -0.137. The monoisotopic (exact) mass is 582 g/mol. The third-order valence-electron chi connectivity index (χ3n) is 6.56. The number of hydrogen-bond donors (Lipinski definition) is 1. The number of alkyl halides is 3. The summed E-state index contributed by atoms with van der Waals surface area (Å²) in [6, 6.07) is 4.47. The van der Waals surface area contributed by atoms with E-state index in [1.54, 1.807) is 18.0 Å². The van der Waals surface area contributed by atoms with Crippen molar-refractivity contribution in [1.29, 1.82) is 0 Å². The minimum absolute atomic E-state index is 0.00127. The number of nitrogens with one attached hydrogen (secondary N) is 1. The second-order valence-electron chi connectivity index (χ2n) is 9.42. The first-order valence-corrected chi connectivity index (χ1v) is 12.6. The summed E-state index contributed by atoms with van der Waals surface area (Å²) < 4.78 is 61.1. The number of rotatable bonds is 8. The highest BCUT2D eigenvalue weighted by atomic mass is 35.5. The number of ether oxygens (including phenoxy) is 1. The normalized spacial score (nSPS) is 17.2. The van der Waals surface area contributed by atoms with Crippen LogP contribution in [0.5, 0.6) is 0 Å². The van der Waals surface area contributed by atoms with Crippen LogP contribution >= 0.6 is 11.6 Å². The quantitative estimate of drug-likeness (QED) is 0.392. The SMILES string of the molecule is COCCn1cc(NC(=O)[C@H]2C[C@@H](C(=O)N(C)c3ccc(F)c(Cl)c3)N(c3cc(C(F)(F)F)cc(C)n3)C2)cn1. The molecule has 1 fully saturated rings. The molecule has 2 atom stereocenters. The number of hydrogen-bond acceptors (Lipinski definition) is 6. The van der Waals surface area contributed by atoms with Gasteiger partial charge in [0, 0.05) is 38.3 Å². The lowest BCUT2D eigenvalue weighted by Crippen LogP contribution is -2.44. The molecule has 0 saturated carbocycles. The molecule has 3 aromatic rings. The number of aromatic nitrogens is 3. The van der Waals surface area contributed by atoms with Gasteiger partial charge in [-0.25, -0.2) is 9.37 Å². The summed E-state index contributed by atoms with van der Waals surface area (Å²) in [7, 11) is 3.00. The maximum absolute atomic E-state index is 13.7. The highest BCUT2D eigenvalue weighted by Gasteiger charge is 2.43. The van der Waals surface area contributed by atoms with Gasteiger partial charge >= 0.3 is 6.18 Å². The van der Waals surface area contributed by atoms with Gasteiger partial charge in [-0.15, -0.1) is 0 Å². The molecule has 0 aliphatic carbocycles. The van der Waals surface area contributed by atoms with Crippen LogP contribution in [0.25, 0.3) is 0 Å². The van der Waals surface area contributed by atoms with E-state index in [1.807, 2.05) is 0 Å². The summed E-state index contributed by atoms with van der Waals surface area (Å²) in [6.45, 7) is 2.25. The lowest BCUT2D eigenvalue weighted by Gasteiger charge is -2.29. The summed E-state index contributed by atoms with van der Waals surface area (Å²) in [5.41, 5.74) is -0.114. The molecule has 1 aliphatic heterocycles. The Kier molecular flexibility index (Phi) is 8.64. The average Bonchev–Trinajstić information content (AvgIpc) is 3.55. The van der Waals surface area contributed by atoms with Crippen LogP contribution in [0, 0.1) is 18.7 Å². The van der Waals surface area contributed by atoms with E-state index >= 15 is 0 Å². The van der Waals surface area contributed by atoms with Crippen molar-refractivity contribution in [2.75, 3.05) is 42.4 Å². The Hall–Kier alpha value is -3.71. The van der Waals surface area contributed by atoms with Crippen LogP contribution in [0.4, 0.5) is 34.8 Å². The molecule has 1 N–H and O–H groups in total. The van der Waals surface area contributed by atoms with Gasteiger partial charge in [0.25, 0.3) is 0 Å². The molecule has 0 bridgehead atoms. The van der Waals surface area contributed by atoms with E-state index in [4.69, 9.17) is 16.3 Å². The Labute approximate surface area is 232 Å². The van der Waals surface area contributed by atoms with Crippen LogP contribution in [0.15, 0.2) is 42.7 Å². The van der Waals surface area contributed by atoms with Crippen LogP contribution in [0.1, 0.15) is 17.7 Å². The minimum atomic E-state index is -4.64. The number of benzene rings is 1. The van der Waals surface area contributed by atoms with E-state index in [0.717, 1.165) is 18.2 Å². The van der Waals surface area contributed by atoms with Crippen molar-refractivity contribution >= 4 is 40.6 Å². The van der Waals surface area contributed by atoms with E-state index < -0.39 is 41.3 Å². The molecule has 0 radical (unpaired) electrons. The summed E-state index contributed by atoms with van der Waals surface area (Å²) in [6.07, 6.45) is -1.55. The smallest absolute Gasteiger partial charge is 0.383 e. The molecular formula is C26H27ClF4N6O3. The third kappa shape index (κ3) is 6.53. The fraction of sp³-hybridized carbons (Fsp3) is 0.385. The minimum Gasteiger partial charge on any atom is -0.383 e. The Morgan fingerprint density at radius 2 is 2.00 bits per heavy atom. The first-order valence-electron chi connectivity index (χ1n) is 12.2. The zero-order chi connectivity index (χ0) is 29.2. The number of methoxy groups -OCH3 is 1. The number of carbonyl (C=O) groups is 2. The number of aryl methyl sites for hydroxylation is 1. The van der Waals surface area contributed by atoms with Crippen molar-refractivity contribution in [2.24, 2.45) is 5.92 Å². The van der Waals surface area contributed by atoms with E-state index in [2.05, 4.69) is 15.4 Å². The molecule has 2 amide bonds. The Balaban J connectivity index is 1.63. The van der Waals surface area contributed by atoms with E-state index in [0.29, 0.717) is 18.8 Å². The van der Waals surface area contributed by atoms with Gasteiger partial charge in [-0.05, 0) is 43.7 Å². The van der Waals surface area contributed by atoms with Crippen LogP contribution in [0.3, 0.4) is 0 Å². The molecule has 0 unspecified atom stereocenters. The second-order valence-corrected chi connectivity index (χ2v) is 9.83. The number of nitrogens with zero attached hydrogens (tertiary/aromatic N) is 5. The highest BCUT2D eigenvalue weighted by Crippen LogP contribution is 2.36. The molecule has 0 spiro atoms. The predicted molar refractivity (Wildman–Crippen MR) is 141 cm³/mol.